The quantitative estimate of drug-likeness (QED) is 0.606. The fourth-order valence-electron chi connectivity index (χ4n) is 4.37. The average Bonchev–Trinajstić information content (AvgIpc) is 2.81. The minimum absolute atomic E-state index is 0.872. The number of aromatic nitrogens is 2. The number of hydrogen-bond acceptors (Lipinski definition) is 7. The smallest absolute Gasteiger partial charge is 0.229 e. The summed E-state index contributed by atoms with van der Waals surface area (Å²) < 4.78 is 0. The second kappa shape index (κ2) is 10.2. The maximum atomic E-state index is 5.03. The topological polar surface area (TPSA) is 56.1 Å². The van der Waals surface area contributed by atoms with Gasteiger partial charge in [-0.2, -0.15) is 9.97 Å². The van der Waals surface area contributed by atoms with E-state index in [0.717, 1.165) is 109 Å². The van der Waals surface area contributed by atoms with E-state index in [2.05, 4.69) is 49.0 Å². The highest BCUT2D eigenvalue weighted by atomic mass is 15.4. The lowest BCUT2D eigenvalue weighted by Gasteiger charge is -2.37. The summed E-state index contributed by atoms with van der Waals surface area (Å²) in [6.45, 7) is 21.3. The molecule has 8 heteroatoms. The molecule has 30 heavy (non-hydrogen) atoms. The molecule has 0 amide bonds. The highest BCUT2D eigenvalue weighted by Crippen LogP contribution is 2.25. The standard InChI is InChI=1S/C22H35N8/c1-3-7-26-11-15-29(16-12-26)21-19-20(28-9-5-23-6-10-28)24-22(25-21)30-17-13-27(8-4-2)14-18-30/h3-4,19H,1-2,5-18H2. The maximum absolute atomic E-state index is 5.03. The van der Waals surface area contributed by atoms with Crippen molar-refractivity contribution in [3.8, 4) is 0 Å². The first-order valence-corrected chi connectivity index (χ1v) is 11.2. The van der Waals surface area contributed by atoms with Crippen LogP contribution in [0.1, 0.15) is 0 Å². The minimum atomic E-state index is 0.872. The summed E-state index contributed by atoms with van der Waals surface area (Å²) in [5.41, 5.74) is 0. The number of hydrogen-bond donors (Lipinski definition) is 0. The Morgan fingerprint density at radius 1 is 0.667 bits per heavy atom. The van der Waals surface area contributed by atoms with Crippen molar-refractivity contribution >= 4 is 17.6 Å². The first-order valence-electron chi connectivity index (χ1n) is 11.2. The Hall–Kier alpha value is -2.16. The molecule has 0 aromatic carbocycles. The second-order valence-corrected chi connectivity index (χ2v) is 8.19. The van der Waals surface area contributed by atoms with Gasteiger partial charge in [-0.25, -0.2) is 5.32 Å². The molecule has 0 bridgehead atoms. The van der Waals surface area contributed by atoms with Gasteiger partial charge >= 0.3 is 0 Å². The van der Waals surface area contributed by atoms with Crippen molar-refractivity contribution in [2.24, 2.45) is 0 Å². The van der Waals surface area contributed by atoms with Crippen molar-refractivity contribution in [2.45, 2.75) is 0 Å². The molecule has 163 valence electrons. The third kappa shape index (κ3) is 5.11. The van der Waals surface area contributed by atoms with Gasteiger partial charge in [0.2, 0.25) is 5.95 Å². The van der Waals surface area contributed by atoms with E-state index in [1.807, 2.05) is 12.2 Å². The van der Waals surface area contributed by atoms with E-state index in [1.54, 1.807) is 0 Å². The Balaban J connectivity index is 1.53. The Morgan fingerprint density at radius 3 is 1.63 bits per heavy atom. The van der Waals surface area contributed by atoms with Crippen LogP contribution in [0.25, 0.3) is 0 Å². The molecular formula is C22H35N8. The van der Waals surface area contributed by atoms with E-state index < -0.39 is 0 Å². The molecule has 3 saturated heterocycles. The molecule has 0 atom stereocenters. The molecule has 4 heterocycles. The van der Waals surface area contributed by atoms with Crippen molar-refractivity contribution in [1.29, 1.82) is 0 Å². The van der Waals surface area contributed by atoms with Crippen LogP contribution < -0.4 is 20.0 Å². The highest BCUT2D eigenvalue weighted by molar-refractivity contribution is 5.56. The Morgan fingerprint density at radius 2 is 1.13 bits per heavy atom. The summed E-state index contributed by atoms with van der Waals surface area (Å²) >= 11 is 0. The van der Waals surface area contributed by atoms with Gasteiger partial charge in [-0.05, 0) is 0 Å². The van der Waals surface area contributed by atoms with Gasteiger partial charge in [0.1, 0.15) is 11.6 Å². The normalized spacial score (nSPS) is 21.7. The Bertz CT molecular complexity index is 653. The first kappa shape index (κ1) is 21.1. The summed E-state index contributed by atoms with van der Waals surface area (Å²) in [6.07, 6.45) is 3.97. The molecule has 0 unspecified atom stereocenters. The fourth-order valence-corrected chi connectivity index (χ4v) is 4.37. The predicted molar refractivity (Wildman–Crippen MR) is 124 cm³/mol. The zero-order valence-corrected chi connectivity index (χ0v) is 18.1. The van der Waals surface area contributed by atoms with Gasteiger partial charge in [0, 0.05) is 97.7 Å². The van der Waals surface area contributed by atoms with Gasteiger partial charge in [0.05, 0.1) is 0 Å². The zero-order valence-electron chi connectivity index (χ0n) is 18.1. The largest absolute Gasteiger partial charge is 0.354 e. The van der Waals surface area contributed by atoms with Gasteiger partial charge < -0.3 is 14.7 Å². The first-order chi connectivity index (χ1) is 14.8. The van der Waals surface area contributed by atoms with Crippen LogP contribution in [0.5, 0.6) is 0 Å². The van der Waals surface area contributed by atoms with Crippen molar-refractivity contribution in [3.63, 3.8) is 0 Å². The molecule has 0 spiro atoms. The van der Waals surface area contributed by atoms with Gasteiger partial charge in [-0.15, -0.1) is 13.2 Å². The van der Waals surface area contributed by atoms with E-state index >= 15 is 0 Å². The predicted octanol–water partition coefficient (Wildman–Crippen LogP) is 0.517. The molecule has 0 saturated carbocycles. The Labute approximate surface area is 180 Å². The molecule has 1 aromatic rings. The van der Waals surface area contributed by atoms with Crippen molar-refractivity contribution in [3.05, 3.63) is 31.4 Å². The number of rotatable bonds is 7. The lowest BCUT2D eigenvalue weighted by atomic mass is 10.3. The Kier molecular flexibility index (Phi) is 7.20. The highest BCUT2D eigenvalue weighted by Gasteiger charge is 2.24. The second-order valence-electron chi connectivity index (χ2n) is 8.19. The summed E-state index contributed by atoms with van der Waals surface area (Å²) in [5.74, 6) is 2.98. The summed E-state index contributed by atoms with van der Waals surface area (Å²) in [6, 6.07) is 2.19. The van der Waals surface area contributed by atoms with Crippen LogP contribution in [0.2, 0.25) is 0 Å². The van der Waals surface area contributed by atoms with Gasteiger partial charge in [-0.1, -0.05) is 12.2 Å². The third-order valence-corrected chi connectivity index (χ3v) is 6.19. The summed E-state index contributed by atoms with van der Waals surface area (Å²) in [5, 5.41) is 4.50. The van der Waals surface area contributed by atoms with Crippen LogP contribution in [-0.4, -0.2) is 111 Å². The number of piperazine rings is 3. The molecule has 3 aliphatic heterocycles. The van der Waals surface area contributed by atoms with Crippen LogP contribution in [-0.2, 0) is 0 Å². The van der Waals surface area contributed by atoms with Crippen molar-refractivity contribution in [1.82, 2.24) is 25.1 Å². The fraction of sp³-hybridized carbons (Fsp3) is 0.636. The molecule has 1 radical (unpaired) electrons. The molecule has 3 aliphatic rings. The average molecular weight is 412 g/mol. The molecule has 4 rings (SSSR count). The third-order valence-electron chi connectivity index (χ3n) is 6.19. The van der Waals surface area contributed by atoms with Gasteiger partial charge in [0.15, 0.2) is 0 Å². The molecular weight excluding hydrogens is 376 g/mol. The maximum Gasteiger partial charge on any atom is 0.229 e. The van der Waals surface area contributed by atoms with Gasteiger partial charge in [-0.3, -0.25) is 9.80 Å². The van der Waals surface area contributed by atoms with Crippen LogP contribution in [0, 0.1) is 0 Å². The zero-order chi connectivity index (χ0) is 20.8. The SMILES string of the molecule is C=CCN1CCN(c2cc(N3CC[N]CC3)nc(N3CCN(CC=C)CC3)n2)CC1. The van der Waals surface area contributed by atoms with E-state index in [-0.39, 0.29) is 0 Å². The molecule has 0 aliphatic carbocycles. The van der Waals surface area contributed by atoms with E-state index in [1.165, 1.54) is 0 Å². The van der Waals surface area contributed by atoms with Gasteiger partial charge in [0.25, 0.3) is 0 Å². The molecule has 8 nitrogen and oxygen atoms in total. The lowest BCUT2D eigenvalue weighted by molar-refractivity contribution is 0.281. The minimum Gasteiger partial charge on any atom is -0.354 e. The van der Waals surface area contributed by atoms with Crippen molar-refractivity contribution < 1.29 is 0 Å². The monoisotopic (exact) mass is 411 g/mol. The van der Waals surface area contributed by atoms with E-state index in [4.69, 9.17) is 9.97 Å². The van der Waals surface area contributed by atoms with Crippen LogP contribution in [0.4, 0.5) is 17.6 Å². The van der Waals surface area contributed by atoms with Crippen LogP contribution in [0.3, 0.4) is 0 Å². The molecule has 1 aromatic heterocycles. The molecule has 0 N–H and O–H groups in total. The summed E-state index contributed by atoms with van der Waals surface area (Å²) in [4.78, 5) is 22.0. The molecule has 3 fully saturated rings. The van der Waals surface area contributed by atoms with E-state index in [9.17, 15) is 0 Å². The lowest BCUT2D eigenvalue weighted by Crippen LogP contribution is -2.48. The van der Waals surface area contributed by atoms with Crippen LogP contribution in [0.15, 0.2) is 31.4 Å². The van der Waals surface area contributed by atoms with Crippen LogP contribution >= 0.6 is 0 Å². The number of nitrogens with zero attached hydrogens (tertiary/aromatic N) is 8. The van der Waals surface area contributed by atoms with E-state index in [0.29, 0.717) is 0 Å². The summed E-state index contributed by atoms with van der Waals surface area (Å²) in [7, 11) is 0. The number of anilines is 3. The van der Waals surface area contributed by atoms with Crippen molar-refractivity contribution in [2.75, 3.05) is 106 Å².